The Morgan fingerprint density at radius 1 is 1.28 bits per heavy atom. The smallest absolute Gasteiger partial charge is 0.337 e. The van der Waals surface area contributed by atoms with E-state index in [1.54, 1.807) is 6.07 Å². The third kappa shape index (κ3) is 3.80. The van der Waals surface area contributed by atoms with Crippen LogP contribution in [0.25, 0.3) is 0 Å². The van der Waals surface area contributed by atoms with E-state index in [9.17, 15) is 9.59 Å². The van der Waals surface area contributed by atoms with Crippen molar-refractivity contribution in [3.8, 4) is 11.5 Å². The molecule has 25 heavy (non-hydrogen) atoms. The predicted octanol–water partition coefficient (Wildman–Crippen LogP) is 1.03. The van der Waals surface area contributed by atoms with Crippen LogP contribution in [0.5, 0.6) is 11.5 Å². The van der Waals surface area contributed by atoms with Gasteiger partial charge in [-0.05, 0) is 0 Å². The van der Waals surface area contributed by atoms with Crippen LogP contribution in [0.2, 0.25) is 5.02 Å². The molecule has 0 saturated heterocycles. The minimum absolute atomic E-state index is 0.0431. The largest absolute Gasteiger partial charge is 0.495 e. The Labute approximate surface area is 149 Å². The number of halogens is 1. The Hall–Kier alpha value is -2.45. The number of methoxy groups -OCH3 is 3. The lowest BCUT2D eigenvalue weighted by molar-refractivity contribution is -0.136. The van der Waals surface area contributed by atoms with Gasteiger partial charge in [0.2, 0.25) is 0 Å². The van der Waals surface area contributed by atoms with Gasteiger partial charge in [0.25, 0.3) is 5.91 Å². The number of esters is 1. The third-order valence-corrected chi connectivity index (χ3v) is 3.98. The molecule has 0 spiro atoms. The molecule has 1 aliphatic rings. The first kappa shape index (κ1) is 18.9. The molecule has 0 bridgehead atoms. The lowest BCUT2D eigenvalue weighted by Crippen LogP contribution is -2.31. The number of β-amino-alcohol motifs (C(OH)–C–C–N with tert-alkyl or cyclic N) is 1. The van der Waals surface area contributed by atoms with E-state index in [0.29, 0.717) is 22.2 Å². The first-order chi connectivity index (χ1) is 12.0. The maximum Gasteiger partial charge on any atom is 0.337 e. The SMILES string of the molecule is COC(=O)C1=C(Nc2cc(OC)c(Cl)cc2OC)C(=O)N(CCO)C1. The molecule has 1 aromatic rings. The number of aliphatic hydroxyl groups is 1. The van der Waals surface area contributed by atoms with Crippen LogP contribution in [0, 0.1) is 0 Å². The molecule has 136 valence electrons. The van der Waals surface area contributed by atoms with Gasteiger partial charge in [-0.2, -0.15) is 0 Å². The maximum atomic E-state index is 12.5. The number of amides is 1. The first-order valence-electron chi connectivity index (χ1n) is 7.36. The monoisotopic (exact) mass is 370 g/mol. The highest BCUT2D eigenvalue weighted by Gasteiger charge is 2.35. The van der Waals surface area contributed by atoms with Gasteiger partial charge in [-0.1, -0.05) is 11.6 Å². The van der Waals surface area contributed by atoms with E-state index in [2.05, 4.69) is 5.32 Å². The molecule has 0 saturated carbocycles. The van der Waals surface area contributed by atoms with Crippen molar-refractivity contribution in [1.29, 1.82) is 0 Å². The number of aliphatic hydroxyl groups excluding tert-OH is 1. The van der Waals surface area contributed by atoms with E-state index >= 15 is 0 Å². The molecular formula is C16H19ClN2O6. The van der Waals surface area contributed by atoms with Crippen molar-refractivity contribution in [1.82, 2.24) is 4.90 Å². The van der Waals surface area contributed by atoms with Crippen LogP contribution in [0.15, 0.2) is 23.4 Å². The summed E-state index contributed by atoms with van der Waals surface area (Å²) in [6, 6.07) is 3.09. The van der Waals surface area contributed by atoms with Crippen LogP contribution in [0.3, 0.4) is 0 Å². The molecule has 0 radical (unpaired) electrons. The van der Waals surface area contributed by atoms with Crippen molar-refractivity contribution < 1.29 is 28.9 Å². The number of rotatable bonds is 7. The molecule has 1 aromatic carbocycles. The second-order valence-electron chi connectivity index (χ2n) is 5.11. The summed E-state index contributed by atoms with van der Waals surface area (Å²) in [5, 5.41) is 12.3. The molecule has 2 N–H and O–H groups in total. The molecule has 0 fully saturated rings. The number of hydrogen-bond donors (Lipinski definition) is 2. The van der Waals surface area contributed by atoms with Crippen LogP contribution < -0.4 is 14.8 Å². The van der Waals surface area contributed by atoms with Gasteiger partial charge in [0.15, 0.2) is 0 Å². The number of carbonyl (C=O) groups is 2. The molecule has 0 aromatic heterocycles. The lowest BCUT2D eigenvalue weighted by atomic mass is 10.2. The van der Waals surface area contributed by atoms with Crippen LogP contribution in [-0.4, -0.2) is 62.9 Å². The summed E-state index contributed by atoms with van der Waals surface area (Å²) in [7, 11) is 4.14. The molecule has 0 aliphatic carbocycles. The second kappa shape index (κ2) is 8.09. The van der Waals surface area contributed by atoms with Gasteiger partial charge >= 0.3 is 5.97 Å². The van der Waals surface area contributed by atoms with E-state index in [4.69, 9.17) is 30.9 Å². The summed E-state index contributed by atoms with van der Waals surface area (Å²) >= 11 is 6.07. The van der Waals surface area contributed by atoms with Crippen LogP contribution in [-0.2, 0) is 14.3 Å². The highest BCUT2D eigenvalue weighted by molar-refractivity contribution is 6.32. The normalized spacial score (nSPS) is 14.0. The zero-order valence-corrected chi connectivity index (χ0v) is 14.8. The molecular weight excluding hydrogens is 352 g/mol. The van der Waals surface area contributed by atoms with Crippen molar-refractivity contribution in [2.75, 3.05) is 46.3 Å². The fourth-order valence-corrected chi connectivity index (χ4v) is 2.67. The number of carbonyl (C=O) groups excluding carboxylic acids is 2. The average Bonchev–Trinajstić information content (AvgIpc) is 2.92. The Balaban J connectivity index is 2.44. The van der Waals surface area contributed by atoms with Crippen LogP contribution in [0.1, 0.15) is 0 Å². The van der Waals surface area contributed by atoms with Gasteiger partial charge in [-0.15, -0.1) is 0 Å². The number of benzene rings is 1. The summed E-state index contributed by atoms with van der Waals surface area (Å²) in [6.45, 7) is -0.0709. The molecule has 0 atom stereocenters. The quantitative estimate of drug-likeness (QED) is 0.692. The first-order valence-corrected chi connectivity index (χ1v) is 7.74. The summed E-state index contributed by atoms with van der Waals surface area (Å²) in [5.74, 6) is -0.305. The summed E-state index contributed by atoms with van der Waals surface area (Å²) < 4.78 is 15.2. The van der Waals surface area contributed by atoms with Gasteiger partial charge in [0, 0.05) is 18.7 Å². The number of nitrogens with zero attached hydrogens (tertiary/aromatic N) is 1. The third-order valence-electron chi connectivity index (χ3n) is 3.69. The fraction of sp³-hybridized carbons (Fsp3) is 0.375. The van der Waals surface area contributed by atoms with E-state index in [-0.39, 0.29) is 31.0 Å². The van der Waals surface area contributed by atoms with Gasteiger partial charge < -0.3 is 29.5 Å². The zero-order chi connectivity index (χ0) is 18.6. The lowest BCUT2D eigenvalue weighted by Gasteiger charge is -2.16. The van der Waals surface area contributed by atoms with E-state index in [1.165, 1.54) is 32.3 Å². The molecule has 9 heteroatoms. The standard InChI is InChI=1S/C16H19ClN2O6/c1-23-12-7-11(13(24-2)6-10(12)17)18-14-9(16(22)25-3)8-19(4-5-20)15(14)21/h6-7,18,20H,4-5,8H2,1-3H3. The van der Waals surface area contributed by atoms with Gasteiger partial charge in [0.1, 0.15) is 17.2 Å². The summed E-state index contributed by atoms with van der Waals surface area (Å²) in [6.07, 6.45) is 0. The minimum Gasteiger partial charge on any atom is -0.495 e. The number of hydrogen-bond acceptors (Lipinski definition) is 7. The van der Waals surface area contributed by atoms with Crippen molar-refractivity contribution in [2.45, 2.75) is 0 Å². The zero-order valence-electron chi connectivity index (χ0n) is 14.1. The summed E-state index contributed by atoms with van der Waals surface area (Å²) in [4.78, 5) is 25.9. The molecule has 1 amide bonds. The number of nitrogens with one attached hydrogen (secondary N) is 1. The van der Waals surface area contributed by atoms with Crippen molar-refractivity contribution in [2.24, 2.45) is 0 Å². The Bertz CT molecular complexity index is 719. The molecule has 2 rings (SSSR count). The Morgan fingerprint density at radius 3 is 2.52 bits per heavy atom. The Morgan fingerprint density at radius 2 is 1.96 bits per heavy atom. The van der Waals surface area contributed by atoms with Crippen LogP contribution >= 0.6 is 11.6 Å². The highest BCUT2D eigenvalue weighted by atomic mass is 35.5. The van der Waals surface area contributed by atoms with E-state index in [0.717, 1.165) is 0 Å². The topological polar surface area (TPSA) is 97.3 Å². The van der Waals surface area contributed by atoms with Crippen molar-refractivity contribution in [3.05, 3.63) is 28.4 Å². The maximum absolute atomic E-state index is 12.5. The van der Waals surface area contributed by atoms with Crippen molar-refractivity contribution in [3.63, 3.8) is 0 Å². The average molecular weight is 371 g/mol. The van der Waals surface area contributed by atoms with E-state index < -0.39 is 11.9 Å². The molecule has 1 heterocycles. The highest BCUT2D eigenvalue weighted by Crippen LogP contribution is 2.37. The van der Waals surface area contributed by atoms with Gasteiger partial charge in [-0.25, -0.2) is 4.79 Å². The van der Waals surface area contributed by atoms with Crippen LogP contribution in [0.4, 0.5) is 5.69 Å². The Kier molecular flexibility index (Phi) is 6.11. The van der Waals surface area contributed by atoms with E-state index in [1.807, 2.05) is 0 Å². The molecule has 1 aliphatic heterocycles. The minimum atomic E-state index is -0.629. The van der Waals surface area contributed by atoms with Gasteiger partial charge in [-0.3, -0.25) is 4.79 Å². The molecule has 0 unspecified atom stereocenters. The summed E-state index contributed by atoms with van der Waals surface area (Å²) in [5.41, 5.74) is 0.624. The van der Waals surface area contributed by atoms with Crippen molar-refractivity contribution >= 4 is 29.2 Å². The molecule has 8 nitrogen and oxygen atoms in total. The second-order valence-corrected chi connectivity index (χ2v) is 5.51. The predicted molar refractivity (Wildman–Crippen MR) is 90.9 cm³/mol. The fourth-order valence-electron chi connectivity index (χ4n) is 2.44. The van der Waals surface area contributed by atoms with Gasteiger partial charge in [0.05, 0.1) is 50.8 Å². The number of anilines is 1. The number of ether oxygens (including phenoxy) is 3.